The molecule has 0 aromatic carbocycles. The zero-order chi connectivity index (χ0) is 24.2. The maximum atomic E-state index is 11.9. The number of esters is 1. The van der Waals surface area contributed by atoms with Gasteiger partial charge in [-0.15, -0.1) is 0 Å². The Morgan fingerprint density at radius 2 is 1.27 bits per heavy atom. The van der Waals surface area contributed by atoms with Crippen LogP contribution < -0.4 is 0 Å². The van der Waals surface area contributed by atoms with Gasteiger partial charge in [-0.1, -0.05) is 66.9 Å². The molecule has 0 spiro atoms. The third-order valence-electron chi connectivity index (χ3n) is 5.30. The quantitative estimate of drug-likeness (QED) is 0.0389. The first-order valence-corrected chi connectivity index (χ1v) is 14.6. The summed E-state index contributed by atoms with van der Waals surface area (Å²) >= 11 is 3.44. The molecule has 0 aromatic rings. The van der Waals surface area contributed by atoms with Gasteiger partial charge in [0.25, 0.3) is 0 Å². The van der Waals surface area contributed by atoms with E-state index in [4.69, 9.17) is 14.2 Å². The summed E-state index contributed by atoms with van der Waals surface area (Å²) in [5.74, 6) is -0.0749. The molecule has 0 aliphatic carbocycles. The zero-order valence-electron chi connectivity index (χ0n) is 21.5. The van der Waals surface area contributed by atoms with E-state index in [2.05, 4.69) is 54.1 Å². The van der Waals surface area contributed by atoms with Crippen molar-refractivity contribution >= 4 is 21.9 Å². The van der Waals surface area contributed by atoms with Gasteiger partial charge in [0.05, 0.1) is 6.61 Å². The van der Waals surface area contributed by atoms with Gasteiger partial charge in [0.2, 0.25) is 0 Å². The van der Waals surface area contributed by atoms with Crippen molar-refractivity contribution in [1.29, 1.82) is 0 Å². The topological polar surface area (TPSA) is 44.8 Å². The molecule has 0 radical (unpaired) electrons. The summed E-state index contributed by atoms with van der Waals surface area (Å²) in [5.41, 5.74) is 0. The van der Waals surface area contributed by atoms with Gasteiger partial charge in [-0.3, -0.25) is 4.79 Å². The van der Waals surface area contributed by atoms with Crippen LogP contribution in [-0.2, 0) is 19.0 Å². The average molecular weight is 532 g/mol. The van der Waals surface area contributed by atoms with Crippen molar-refractivity contribution in [2.45, 2.75) is 123 Å². The molecule has 0 fully saturated rings. The van der Waals surface area contributed by atoms with Crippen LogP contribution in [-0.4, -0.2) is 37.4 Å². The molecule has 0 aliphatic rings. The number of rotatable bonds is 25. The molecule has 0 N–H and O–H groups in total. The van der Waals surface area contributed by atoms with E-state index in [9.17, 15) is 4.79 Å². The Kier molecular flexibility index (Phi) is 27.0. The lowest BCUT2D eigenvalue weighted by atomic mass is 10.2. The smallest absolute Gasteiger partial charge is 0.305 e. The van der Waals surface area contributed by atoms with E-state index < -0.39 is 0 Å². The fourth-order valence-corrected chi connectivity index (χ4v) is 3.73. The summed E-state index contributed by atoms with van der Waals surface area (Å²) in [6.07, 6.45) is 25.2. The molecule has 0 saturated heterocycles. The van der Waals surface area contributed by atoms with Gasteiger partial charge < -0.3 is 14.2 Å². The minimum Gasteiger partial charge on any atom is -0.466 e. The van der Waals surface area contributed by atoms with E-state index in [1.807, 2.05) is 0 Å². The normalized spacial score (nSPS) is 11.9. The second-order valence-electron chi connectivity index (χ2n) is 8.49. The highest BCUT2D eigenvalue weighted by molar-refractivity contribution is 9.09. The number of allylic oxidation sites excluding steroid dienone is 4. The summed E-state index contributed by atoms with van der Waals surface area (Å²) in [6, 6.07) is 0. The average Bonchev–Trinajstić information content (AvgIpc) is 2.82. The van der Waals surface area contributed by atoms with Gasteiger partial charge in [-0.25, -0.2) is 0 Å². The largest absolute Gasteiger partial charge is 0.466 e. The minimum atomic E-state index is -0.159. The van der Waals surface area contributed by atoms with E-state index >= 15 is 0 Å². The lowest BCUT2D eigenvalue weighted by Gasteiger charge is -2.18. The van der Waals surface area contributed by atoms with E-state index in [1.54, 1.807) is 0 Å². The predicted octanol–water partition coefficient (Wildman–Crippen LogP) is 8.68. The molecule has 33 heavy (non-hydrogen) atoms. The van der Waals surface area contributed by atoms with Crippen molar-refractivity contribution in [2.75, 3.05) is 25.2 Å². The number of hydrogen-bond acceptors (Lipinski definition) is 4. The monoisotopic (exact) mass is 530 g/mol. The molecule has 194 valence electrons. The second-order valence-corrected chi connectivity index (χ2v) is 9.28. The van der Waals surface area contributed by atoms with Crippen molar-refractivity contribution < 1.29 is 19.0 Å². The van der Waals surface area contributed by atoms with Crippen molar-refractivity contribution in [3.8, 4) is 0 Å². The second kappa shape index (κ2) is 27.6. The number of carbonyl (C=O) groups excluding carboxylic acids is 1. The fraction of sp³-hybridized carbons (Fsp3) is 0.821. The van der Waals surface area contributed by atoms with Crippen molar-refractivity contribution in [1.82, 2.24) is 0 Å². The number of halogens is 1. The van der Waals surface area contributed by atoms with Crippen LogP contribution in [0.3, 0.4) is 0 Å². The van der Waals surface area contributed by atoms with Crippen LogP contribution in [0.15, 0.2) is 24.3 Å². The van der Waals surface area contributed by atoms with Crippen LogP contribution >= 0.6 is 15.9 Å². The van der Waals surface area contributed by atoms with Crippen molar-refractivity contribution in [2.24, 2.45) is 0 Å². The fourth-order valence-electron chi connectivity index (χ4n) is 3.33. The maximum Gasteiger partial charge on any atom is 0.305 e. The van der Waals surface area contributed by atoms with Gasteiger partial charge in [-0.2, -0.15) is 0 Å². The van der Waals surface area contributed by atoms with Crippen molar-refractivity contribution in [3.63, 3.8) is 0 Å². The number of unbranched alkanes of at least 4 members (excludes halogenated alkanes) is 8. The summed E-state index contributed by atoms with van der Waals surface area (Å²) in [5, 5.41) is 1.05. The summed E-state index contributed by atoms with van der Waals surface area (Å²) in [7, 11) is 0. The molecule has 0 rings (SSSR count). The van der Waals surface area contributed by atoms with Gasteiger partial charge in [0.15, 0.2) is 6.29 Å². The molecule has 0 aliphatic heterocycles. The Bertz CT molecular complexity index is 441. The van der Waals surface area contributed by atoms with Crippen LogP contribution in [0.25, 0.3) is 0 Å². The summed E-state index contributed by atoms with van der Waals surface area (Å²) < 4.78 is 17.4. The molecular weight excluding hydrogens is 480 g/mol. The molecule has 0 aromatic heterocycles. The van der Waals surface area contributed by atoms with Gasteiger partial charge >= 0.3 is 5.97 Å². The first-order valence-electron chi connectivity index (χ1n) is 13.5. The molecule has 5 heteroatoms. The summed E-state index contributed by atoms with van der Waals surface area (Å²) in [4.78, 5) is 11.9. The number of alkyl halides is 1. The van der Waals surface area contributed by atoms with E-state index in [0.29, 0.717) is 13.0 Å². The van der Waals surface area contributed by atoms with Crippen LogP contribution in [0, 0.1) is 0 Å². The van der Waals surface area contributed by atoms with Crippen LogP contribution in [0.2, 0.25) is 0 Å². The third kappa shape index (κ3) is 25.8. The Balaban J connectivity index is 4.00. The molecule has 0 unspecified atom stereocenters. The Morgan fingerprint density at radius 1 is 0.697 bits per heavy atom. The van der Waals surface area contributed by atoms with Crippen LogP contribution in [0.1, 0.15) is 117 Å². The zero-order valence-corrected chi connectivity index (χ0v) is 23.1. The highest BCUT2D eigenvalue weighted by Gasteiger charge is 2.10. The number of hydrogen-bond donors (Lipinski definition) is 0. The molecular formula is C28H51BrO4. The SMILES string of the molecule is CC/C=C\CCCCOC(CCCCC(=O)OCCCCCCBr)OCCCC/C=C\CC. The molecule has 0 saturated carbocycles. The molecule has 0 bridgehead atoms. The lowest BCUT2D eigenvalue weighted by Crippen LogP contribution is -2.19. The predicted molar refractivity (Wildman–Crippen MR) is 144 cm³/mol. The number of carbonyl (C=O) groups is 1. The minimum absolute atomic E-state index is 0.0749. The standard InChI is InChI=1S/C28H51BrO4/c1-3-5-7-9-12-19-25-32-28(33-26-20-13-10-8-6-4-2)22-16-15-21-27(30)31-24-18-14-11-17-23-29/h5-8,28H,3-4,9-26H2,1-2H3/b7-5-,8-6-. The number of ether oxygens (including phenoxy) is 3. The van der Waals surface area contributed by atoms with Gasteiger partial charge in [0.1, 0.15) is 0 Å². The summed E-state index contributed by atoms with van der Waals surface area (Å²) in [6.45, 7) is 6.35. The molecule has 0 amide bonds. The Morgan fingerprint density at radius 3 is 1.85 bits per heavy atom. The van der Waals surface area contributed by atoms with Crippen LogP contribution in [0.5, 0.6) is 0 Å². The lowest BCUT2D eigenvalue weighted by molar-refractivity contribution is -0.149. The molecule has 0 heterocycles. The van der Waals surface area contributed by atoms with E-state index in [-0.39, 0.29) is 12.3 Å². The van der Waals surface area contributed by atoms with Crippen LogP contribution in [0.4, 0.5) is 0 Å². The first-order chi connectivity index (χ1) is 16.2. The maximum absolute atomic E-state index is 11.9. The van der Waals surface area contributed by atoms with E-state index in [0.717, 1.165) is 102 Å². The van der Waals surface area contributed by atoms with E-state index in [1.165, 1.54) is 12.8 Å². The van der Waals surface area contributed by atoms with Gasteiger partial charge in [-0.05, 0) is 83.5 Å². The molecule has 4 nitrogen and oxygen atoms in total. The van der Waals surface area contributed by atoms with Gasteiger partial charge in [0, 0.05) is 25.0 Å². The Hall–Kier alpha value is -0.650. The first kappa shape index (κ1) is 32.4. The highest BCUT2D eigenvalue weighted by atomic mass is 79.9. The highest BCUT2D eigenvalue weighted by Crippen LogP contribution is 2.12. The molecule has 0 atom stereocenters. The van der Waals surface area contributed by atoms with Crippen molar-refractivity contribution in [3.05, 3.63) is 24.3 Å². The Labute approximate surface area is 213 Å². The third-order valence-corrected chi connectivity index (χ3v) is 5.86.